The molecule has 1 N–H and O–H groups in total. The first-order valence-corrected chi connectivity index (χ1v) is 6.32. The van der Waals surface area contributed by atoms with Crippen molar-refractivity contribution < 1.29 is 0 Å². The summed E-state index contributed by atoms with van der Waals surface area (Å²) >= 11 is 0. The number of nitrogens with zero attached hydrogens (tertiary/aromatic N) is 2. The van der Waals surface area contributed by atoms with Gasteiger partial charge < -0.3 is 10.2 Å². The lowest BCUT2D eigenvalue weighted by Gasteiger charge is -2.22. The molecule has 1 aliphatic carbocycles. The summed E-state index contributed by atoms with van der Waals surface area (Å²) in [6, 6.07) is 6.98. The lowest BCUT2D eigenvalue weighted by Crippen LogP contribution is -2.26. The van der Waals surface area contributed by atoms with Gasteiger partial charge in [0.1, 0.15) is 11.6 Å². The maximum Gasteiger partial charge on any atom is 0.131 e. The molecule has 0 atom stereocenters. The minimum absolute atomic E-state index is 0.735. The highest BCUT2D eigenvalue weighted by Gasteiger charge is 2.28. The highest BCUT2D eigenvalue weighted by atomic mass is 15.2. The second kappa shape index (κ2) is 5.19. The number of nitrogens with one attached hydrogen (secondary N) is 1. The Morgan fingerprint density at radius 1 is 1.38 bits per heavy atom. The third-order valence-electron chi connectivity index (χ3n) is 2.91. The van der Waals surface area contributed by atoms with Crippen molar-refractivity contribution in [3.05, 3.63) is 18.2 Å². The van der Waals surface area contributed by atoms with E-state index < -0.39 is 0 Å². The highest BCUT2D eigenvalue weighted by Crippen LogP contribution is 2.30. The molecule has 0 aliphatic heterocycles. The van der Waals surface area contributed by atoms with E-state index in [1.165, 1.54) is 12.8 Å². The summed E-state index contributed by atoms with van der Waals surface area (Å²) in [7, 11) is 0. The largest absolute Gasteiger partial charge is 0.370 e. The molecule has 1 aromatic rings. The molecular formula is C13H21N3. The van der Waals surface area contributed by atoms with Crippen LogP contribution in [-0.4, -0.2) is 24.1 Å². The van der Waals surface area contributed by atoms with Crippen LogP contribution in [0.4, 0.5) is 11.6 Å². The number of anilines is 2. The fraction of sp³-hybridized carbons (Fsp3) is 0.615. The predicted octanol–water partition coefficient (Wildman–Crippen LogP) is 2.89. The lowest BCUT2D eigenvalue weighted by molar-refractivity contribution is 0.808. The standard InChI is InChI=1S/C13H21N3/c1-3-10-14-12-6-5-7-13(15-12)16(4-2)11-8-9-11/h5-7,11H,3-4,8-10H2,1-2H3,(H,14,15). The van der Waals surface area contributed by atoms with E-state index in [2.05, 4.69) is 41.2 Å². The summed E-state index contributed by atoms with van der Waals surface area (Å²) in [5.41, 5.74) is 0. The van der Waals surface area contributed by atoms with Crippen LogP contribution >= 0.6 is 0 Å². The van der Waals surface area contributed by atoms with Crippen molar-refractivity contribution in [3.63, 3.8) is 0 Å². The van der Waals surface area contributed by atoms with Crippen molar-refractivity contribution in [2.75, 3.05) is 23.3 Å². The zero-order valence-corrected chi connectivity index (χ0v) is 10.2. The van der Waals surface area contributed by atoms with Gasteiger partial charge in [0.2, 0.25) is 0 Å². The Labute approximate surface area is 97.9 Å². The van der Waals surface area contributed by atoms with E-state index in [9.17, 15) is 0 Å². The number of rotatable bonds is 6. The van der Waals surface area contributed by atoms with Crippen molar-refractivity contribution >= 4 is 11.6 Å². The van der Waals surface area contributed by atoms with Gasteiger partial charge in [-0.15, -0.1) is 0 Å². The maximum absolute atomic E-state index is 4.66. The number of pyridine rings is 1. The molecule has 16 heavy (non-hydrogen) atoms. The van der Waals surface area contributed by atoms with E-state index >= 15 is 0 Å². The Bertz CT molecular complexity index is 334. The molecule has 0 amide bonds. The molecular weight excluding hydrogens is 198 g/mol. The van der Waals surface area contributed by atoms with Gasteiger partial charge >= 0.3 is 0 Å². The second-order valence-corrected chi connectivity index (χ2v) is 4.32. The van der Waals surface area contributed by atoms with Crippen LogP contribution in [-0.2, 0) is 0 Å². The van der Waals surface area contributed by atoms with Crippen molar-refractivity contribution in [3.8, 4) is 0 Å². The molecule has 1 saturated carbocycles. The fourth-order valence-corrected chi connectivity index (χ4v) is 1.93. The van der Waals surface area contributed by atoms with Crippen LogP contribution in [0.1, 0.15) is 33.1 Å². The van der Waals surface area contributed by atoms with Gasteiger partial charge in [-0.1, -0.05) is 13.0 Å². The minimum atomic E-state index is 0.735. The van der Waals surface area contributed by atoms with Gasteiger partial charge in [-0.2, -0.15) is 0 Å². The fourth-order valence-electron chi connectivity index (χ4n) is 1.93. The summed E-state index contributed by atoms with van der Waals surface area (Å²) in [4.78, 5) is 7.06. The molecule has 1 aliphatic rings. The molecule has 0 aromatic carbocycles. The Morgan fingerprint density at radius 2 is 2.19 bits per heavy atom. The average molecular weight is 219 g/mol. The van der Waals surface area contributed by atoms with Crippen LogP contribution in [0.15, 0.2) is 18.2 Å². The molecule has 0 bridgehead atoms. The molecule has 0 radical (unpaired) electrons. The summed E-state index contributed by atoms with van der Waals surface area (Å²) in [5.74, 6) is 2.12. The van der Waals surface area contributed by atoms with E-state index in [4.69, 9.17) is 0 Å². The van der Waals surface area contributed by atoms with E-state index in [0.717, 1.165) is 37.2 Å². The Kier molecular flexibility index (Phi) is 3.65. The van der Waals surface area contributed by atoms with Gasteiger partial charge in [0, 0.05) is 19.1 Å². The van der Waals surface area contributed by atoms with Crippen LogP contribution in [0.25, 0.3) is 0 Å². The number of hydrogen-bond acceptors (Lipinski definition) is 3. The first-order valence-electron chi connectivity index (χ1n) is 6.32. The Morgan fingerprint density at radius 3 is 2.81 bits per heavy atom. The Hall–Kier alpha value is -1.25. The zero-order chi connectivity index (χ0) is 11.4. The smallest absolute Gasteiger partial charge is 0.131 e. The predicted molar refractivity (Wildman–Crippen MR) is 69.1 cm³/mol. The molecule has 1 heterocycles. The summed E-state index contributed by atoms with van der Waals surface area (Å²) in [6.45, 7) is 6.41. The first-order chi connectivity index (χ1) is 7.85. The average Bonchev–Trinajstić information content (AvgIpc) is 3.12. The molecule has 3 heteroatoms. The van der Waals surface area contributed by atoms with Crippen molar-refractivity contribution in [1.82, 2.24) is 4.98 Å². The van der Waals surface area contributed by atoms with E-state index in [1.807, 2.05) is 6.07 Å². The van der Waals surface area contributed by atoms with Gasteiger partial charge in [0.05, 0.1) is 0 Å². The molecule has 0 saturated heterocycles. The monoisotopic (exact) mass is 219 g/mol. The van der Waals surface area contributed by atoms with Gasteiger partial charge in [0.25, 0.3) is 0 Å². The van der Waals surface area contributed by atoms with Crippen molar-refractivity contribution in [2.45, 2.75) is 39.2 Å². The highest BCUT2D eigenvalue weighted by molar-refractivity contribution is 5.48. The van der Waals surface area contributed by atoms with Crippen molar-refractivity contribution in [1.29, 1.82) is 0 Å². The molecule has 0 unspecified atom stereocenters. The third kappa shape index (κ3) is 2.65. The van der Waals surface area contributed by atoms with Gasteiger partial charge in [0.15, 0.2) is 0 Å². The minimum Gasteiger partial charge on any atom is -0.370 e. The zero-order valence-electron chi connectivity index (χ0n) is 10.2. The number of hydrogen-bond donors (Lipinski definition) is 1. The normalized spacial score (nSPS) is 14.9. The van der Waals surface area contributed by atoms with Crippen LogP contribution in [0, 0.1) is 0 Å². The summed E-state index contributed by atoms with van der Waals surface area (Å²) < 4.78 is 0. The second-order valence-electron chi connectivity index (χ2n) is 4.32. The van der Waals surface area contributed by atoms with Crippen LogP contribution < -0.4 is 10.2 Å². The lowest BCUT2D eigenvalue weighted by atomic mass is 10.3. The molecule has 1 aromatic heterocycles. The van der Waals surface area contributed by atoms with Gasteiger partial charge in [-0.3, -0.25) is 0 Å². The van der Waals surface area contributed by atoms with Crippen LogP contribution in [0.3, 0.4) is 0 Å². The quantitative estimate of drug-likeness (QED) is 0.797. The SMILES string of the molecule is CCCNc1cccc(N(CC)C2CC2)n1. The molecule has 2 rings (SSSR count). The Balaban J connectivity index is 2.07. The summed E-state index contributed by atoms with van der Waals surface area (Å²) in [6.07, 6.45) is 3.77. The van der Waals surface area contributed by atoms with Crippen LogP contribution in [0.5, 0.6) is 0 Å². The maximum atomic E-state index is 4.66. The van der Waals surface area contributed by atoms with E-state index in [0.29, 0.717) is 0 Å². The van der Waals surface area contributed by atoms with Crippen LogP contribution in [0.2, 0.25) is 0 Å². The van der Waals surface area contributed by atoms with Crippen molar-refractivity contribution in [2.24, 2.45) is 0 Å². The van der Waals surface area contributed by atoms with Gasteiger partial charge in [-0.05, 0) is 38.3 Å². The number of aromatic nitrogens is 1. The first kappa shape index (κ1) is 11.2. The van der Waals surface area contributed by atoms with E-state index in [-0.39, 0.29) is 0 Å². The van der Waals surface area contributed by atoms with E-state index in [1.54, 1.807) is 0 Å². The molecule has 1 fully saturated rings. The molecule has 3 nitrogen and oxygen atoms in total. The molecule has 0 spiro atoms. The third-order valence-corrected chi connectivity index (χ3v) is 2.91. The van der Waals surface area contributed by atoms with Gasteiger partial charge in [-0.25, -0.2) is 4.98 Å². The molecule has 88 valence electrons. The topological polar surface area (TPSA) is 28.2 Å². The summed E-state index contributed by atoms with van der Waals surface area (Å²) in [5, 5.41) is 3.34.